The minimum absolute atomic E-state index is 0.0391. The first-order valence-electron chi connectivity index (χ1n) is 12.2. The van der Waals surface area contributed by atoms with Crippen LogP contribution >= 0.6 is 34.8 Å². The second-order valence-electron chi connectivity index (χ2n) is 9.65. The van der Waals surface area contributed by atoms with Gasteiger partial charge in [-0.05, 0) is 63.5 Å². The molecule has 2 heterocycles. The fourth-order valence-corrected chi connectivity index (χ4v) is 6.18. The van der Waals surface area contributed by atoms with Crippen LogP contribution in [0.5, 0.6) is 0 Å². The van der Waals surface area contributed by atoms with Crippen LogP contribution in [0.3, 0.4) is 0 Å². The number of primary amides is 1. The Bertz CT molecular complexity index is 1250. The normalized spacial score (nSPS) is 24.6. The van der Waals surface area contributed by atoms with E-state index in [-0.39, 0.29) is 30.0 Å². The van der Waals surface area contributed by atoms with Crippen molar-refractivity contribution >= 4 is 69.5 Å². The third-order valence-electron chi connectivity index (χ3n) is 7.12. The van der Waals surface area contributed by atoms with E-state index < -0.39 is 0 Å². The molecule has 1 aromatic carbocycles. The second-order valence-corrected chi connectivity index (χ2v) is 10.9. The van der Waals surface area contributed by atoms with Crippen molar-refractivity contribution in [2.75, 3.05) is 10.6 Å². The molecule has 2 aliphatic carbocycles. The first-order valence-corrected chi connectivity index (χ1v) is 13.3. The molecule has 12 heteroatoms. The van der Waals surface area contributed by atoms with Crippen LogP contribution in [0.25, 0.3) is 11.2 Å². The van der Waals surface area contributed by atoms with Gasteiger partial charge in [-0.3, -0.25) is 9.36 Å². The smallest absolute Gasteiger partial charge is 0.224 e. The number of hydrogen-bond donors (Lipinski definition) is 4. The highest BCUT2D eigenvalue weighted by Gasteiger charge is 2.30. The quantitative estimate of drug-likeness (QED) is 0.319. The number of nitrogens with zero attached hydrogens (tertiary/aromatic N) is 4. The number of benzene rings is 1. The van der Waals surface area contributed by atoms with E-state index in [4.69, 9.17) is 50.5 Å². The van der Waals surface area contributed by atoms with Gasteiger partial charge in [-0.2, -0.15) is 4.98 Å². The van der Waals surface area contributed by atoms with Crippen molar-refractivity contribution in [3.8, 4) is 0 Å². The number of imidazole rings is 1. The number of fused-ring (bicyclic) bond motifs is 1. The molecule has 0 aliphatic heterocycles. The Morgan fingerprint density at radius 2 is 1.78 bits per heavy atom. The van der Waals surface area contributed by atoms with Crippen LogP contribution in [-0.2, 0) is 4.79 Å². The molecule has 0 spiro atoms. The zero-order valence-corrected chi connectivity index (χ0v) is 21.8. The molecule has 0 saturated heterocycles. The van der Waals surface area contributed by atoms with Crippen LogP contribution in [0.15, 0.2) is 18.3 Å². The van der Waals surface area contributed by atoms with Gasteiger partial charge in [-0.15, -0.1) is 0 Å². The van der Waals surface area contributed by atoms with Crippen LogP contribution in [0, 0.1) is 5.92 Å². The molecule has 1 amide bonds. The lowest BCUT2D eigenvalue weighted by atomic mass is 9.85. The van der Waals surface area contributed by atoms with Gasteiger partial charge < -0.3 is 21.5 Å². The molecule has 3 aromatic rings. The fourth-order valence-electron chi connectivity index (χ4n) is 5.26. The molecule has 5 rings (SSSR count). The van der Waals surface area contributed by atoms with E-state index in [9.17, 15) is 9.90 Å². The number of aliphatic hydroxyl groups is 1. The summed E-state index contributed by atoms with van der Waals surface area (Å²) in [6.07, 6.45) is 7.65. The molecule has 5 N–H and O–H groups in total. The maximum Gasteiger partial charge on any atom is 0.224 e. The number of aromatic nitrogens is 4. The van der Waals surface area contributed by atoms with Crippen molar-refractivity contribution in [3.05, 3.63) is 33.4 Å². The third kappa shape index (κ3) is 5.34. The van der Waals surface area contributed by atoms with Crippen molar-refractivity contribution in [2.45, 2.75) is 69.6 Å². The molecule has 2 aromatic heterocycles. The Hall–Kier alpha value is -2.33. The Morgan fingerprint density at radius 1 is 1.06 bits per heavy atom. The van der Waals surface area contributed by atoms with Gasteiger partial charge in [-0.1, -0.05) is 34.8 Å². The monoisotopic (exact) mass is 551 g/mol. The van der Waals surface area contributed by atoms with E-state index >= 15 is 0 Å². The number of amides is 1. The van der Waals surface area contributed by atoms with Crippen molar-refractivity contribution < 1.29 is 9.90 Å². The number of anilines is 3. The van der Waals surface area contributed by atoms with E-state index in [1.165, 1.54) is 0 Å². The molecule has 2 saturated carbocycles. The zero-order valence-electron chi connectivity index (χ0n) is 19.6. The summed E-state index contributed by atoms with van der Waals surface area (Å²) in [4.78, 5) is 25.8. The highest BCUT2D eigenvalue weighted by atomic mass is 35.5. The fraction of sp³-hybridized carbons (Fsp3) is 0.500. The summed E-state index contributed by atoms with van der Waals surface area (Å²) in [6.45, 7) is 0. The Kier molecular flexibility index (Phi) is 7.44. The average molecular weight is 553 g/mol. The lowest BCUT2D eigenvalue weighted by Crippen LogP contribution is -2.30. The molecular weight excluding hydrogens is 525 g/mol. The lowest BCUT2D eigenvalue weighted by molar-refractivity contribution is -0.122. The number of carbonyl (C=O) groups excluding carboxylic acids is 1. The number of nitrogens with one attached hydrogen (secondary N) is 2. The Labute approximate surface area is 223 Å². The number of halogens is 3. The summed E-state index contributed by atoms with van der Waals surface area (Å²) in [5.41, 5.74) is 7.33. The number of aliphatic hydroxyl groups excluding tert-OH is 1. The van der Waals surface area contributed by atoms with Crippen LogP contribution in [-0.4, -0.2) is 42.7 Å². The van der Waals surface area contributed by atoms with E-state index in [2.05, 4.69) is 15.6 Å². The molecule has 2 atom stereocenters. The Balaban J connectivity index is 1.51. The van der Waals surface area contributed by atoms with Gasteiger partial charge in [0.05, 0.1) is 28.0 Å². The van der Waals surface area contributed by atoms with Crippen LogP contribution in [0.1, 0.15) is 57.4 Å². The SMILES string of the molecule is NC(=O)[C@H]1CC[C@@H](n2c(Nc3c(Cl)cc(Cl)cc3Cl)nc3cnc(N[C@H]4CCC[C@H](O)C4)nc32)CC1. The van der Waals surface area contributed by atoms with Crippen LogP contribution in [0.4, 0.5) is 17.6 Å². The van der Waals surface area contributed by atoms with E-state index in [0.717, 1.165) is 32.1 Å². The largest absolute Gasteiger partial charge is 0.393 e. The van der Waals surface area contributed by atoms with Gasteiger partial charge in [0.1, 0.15) is 5.52 Å². The lowest BCUT2D eigenvalue weighted by Gasteiger charge is -2.29. The molecule has 0 bridgehead atoms. The predicted octanol–water partition coefficient (Wildman–Crippen LogP) is 5.46. The maximum absolute atomic E-state index is 11.7. The highest BCUT2D eigenvalue weighted by molar-refractivity contribution is 6.41. The first kappa shape index (κ1) is 25.3. The van der Waals surface area contributed by atoms with Crippen molar-refractivity contribution in [1.82, 2.24) is 19.5 Å². The van der Waals surface area contributed by atoms with E-state index in [1.54, 1.807) is 18.3 Å². The summed E-state index contributed by atoms with van der Waals surface area (Å²) >= 11 is 19.0. The Morgan fingerprint density at radius 3 is 2.44 bits per heavy atom. The van der Waals surface area contributed by atoms with E-state index in [0.29, 0.717) is 63.1 Å². The highest BCUT2D eigenvalue weighted by Crippen LogP contribution is 2.40. The molecule has 0 radical (unpaired) electrons. The molecule has 0 unspecified atom stereocenters. The minimum atomic E-state index is -0.310. The standard InChI is InChI=1S/C24H28Cl3N7O2/c25-13-8-17(26)20(18(27)9-13)32-24-31-19-11-29-23(30-14-2-1-3-16(35)10-14)33-22(19)34(24)15-6-4-12(5-7-15)21(28)36/h8-9,11-12,14-16,35H,1-7,10H2,(H2,28,36)(H,31,32)(H,29,30,33)/t12-,14-,15+,16-/m0/s1. The zero-order chi connectivity index (χ0) is 25.4. The topological polar surface area (TPSA) is 131 Å². The molecule has 2 aliphatic rings. The van der Waals surface area contributed by atoms with Crippen molar-refractivity contribution in [2.24, 2.45) is 11.7 Å². The molecule has 192 valence electrons. The van der Waals surface area contributed by atoms with Crippen molar-refractivity contribution in [1.29, 1.82) is 0 Å². The minimum Gasteiger partial charge on any atom is -0.393 e. The average Bonchev–Trinajstić information content (AvgIpc) is 3.18. The van der Waals surface area contributed by atoms with Gasteiger partial charge in [-0.25, -0.2) is 9.97 Å². The molecule has 9 nitrogen and oxygen atoms in total. The second kappa shape index (κ2) is 10.6. The van der Waals surface area contributed by atoms with Crippen LogP contribution < -0.4 is 16.4 Å². The summed E-state index contributed by atoms with van der Waals surface area (Å²) in [6, 6.07) is 3.38. The number of rotatable bonds is 6. The number of nitrogens with two attached hydrogens (primary N) is 1. The van der Waals surface area contributed by atoms with Gasteiger partial charge >= 0.3 is 0 Å². The predicted molar refractivity (Wildman–Crippen MR) is 142 cm³/mol. The van der Waals surface area contributed by atoms with Crippen molar-refractivity contribution in [3.63, 3.8) is 0 Å². The first-order chi connectivity index (χ1) is 17.3. The summed E-state index contributed by atoms with van der Waals surface area (Å²) in [5.74, 6) is 0.628. The number of hydrogen-bond acceptors (Lipinski definition) is 7. The molecule has 36 heavy (non-hydrogen) atoms. The van der Waals surface area contributed by atoms with Gasteiger partial charge in [0.15, 0.2) is 5.65 Å². The molecule has 2 fully saturated rings. The molecular formula is C24H28Cl3N7O2. The third-order valence-corrected chi connectivity index (χ3v) is 7.93. The maximum atomic E-state index is 11.7. The van der Waals surface area contributed by atoms with Gasteiger partial charge in [0.25, 0.3) is 0 Å². The van der Waals surface area contributed by atoms with Gasteiger partial charge in [0.2, 0.25) is 17.8 Å². The van der Waals surface area contributed by atoms with Crippen LogP contribution in [0.2, 0.25) is 15.1 Å². The number of carbonyl (C=O) groups is 1. The van der Waals surface area contributed by atoms with E-state index in [1.807, 2.05) is 4.57 Å². The summed E-state index contributed by atoms with van der Waals surface area (Å²) < 4.78 is 2.04. The van der Waals surface area contributed by atoms with Gasteiger partial charge in [0, 0.05) is 23.0 Å². The summed E-state index contributed by atoms with van der Waals surface area (Å²) in [7, 11) is 0. The summed E-state index contributed by atoms with van der Waals surface area (Å²) in [5, 5.41) is 17.9.